The number of ether oxygens (including phenoxy) is 1. The van der Waals surface area contributed by atoms with Crippen molar-refractivity contribution in [1.29, 1.82) is 0 Å². The lowest BCUT2D eigenvalue weighted by Gasteiger charge is -2.22. The van der Waals surface area contributed by atoms with E-state index in [1.807, 2.05) is 0 Å². The third kappa shape index (κ3) is 68.8. The van der Waals surface area contributed by atoms with Gasteiger partial charge >= 0.3 is 5.97 Å². The van der Waals surface area contributed by atoms with Gasteiger partial charge in [-0.05, 0) is 89.9 Å². The van der Waals surface area contributed by atoms with E-state index in [1.165, 1.54) is 315 Å². The first-order chi connectivity index (χ1) is 41.0. The van der Waals surface area contributed by atoms with E-state index in [-0.39, 0.29) is 18.5 Å². The van der Waals surface area contributed by atoms with Gasteiger partial charge in [-0.25, -0.2) is 0 Å². The molecule has 0 heterocycles. The van der Waals surface area contributed by atoms with Crippen LogP contribution < -0.4 is 5.32 Å². The van der Waals surface area contributed by atoms with Crippen molar-refractivity contribution in [3.8, 4) is 0 Å². The largest absolute Gasteiger partial charge is 0.466 e. The second-order valence-electron chi connectivity index (χ2n) is 25.6. The molecule has 0 saturated heterocycles. The van der Waals surface area contributed by atoms with Gasteiger partial charge in [0.1, 0.15) is 0 Å². The number of esters is 1. The van der Waals surface area contributed by atoms with Crippen molar-refractivity contribution in [3.05, 3.63) is 48.6 Å². The van der Waals surface area contributed by atoms with Gasteiger partial charge in [-0.2, -0.15) is 0 Å². The Morgan fingerprint density at radius 3 is 0.940 bits per heavy atom. The number of unbranched alkanes of at least 4 members (excludes halogenated alkanes) is 51. The quantitative estimate of drug-likeness (QED) is 0.0320. The molecule has 0 aliphatic carbocycles. The summed E-state index contributed by atoms with van der Waals surface area (Å²) in [7, 11) is 0. The van der Waals surface area contributed by atoms with Crippen LogP contribution in [0.1, 0.15) is 406 Å². The molecule has 83 heavy (non-hydrogen) atoms. The lowest BCUT2D eigenvalue weighted by Crippen LogP contribution is -2.45. The summed E-state index contributed by atoms with van der Waals surface area (Å²) in [4.78, 5) is 24.6. The van der Waals surface area contributed by atoms with Crippen LogP contribution in [-0.4, -0.2) is 47.4 Å². The van der Waals surface area contributed by atoms with Crippen molar-refractivity contribution in [2.24, 2.45) is 0 Å². The summed E-state index contributed by atoms with van der Waals surface area (Å²) in [5.74, 6) is -0.0203. The van der Waals surface area contributed by atoms with Crippen LogP contribution in [0, 0.1) is 0 Å². The summed E-state index contributed by atoms with van der Waals surface area (Å²) >= 11 is 0. The van der Waals surface area contributed by atoms with Gasteiger partial charge in [-0.15, -0.1) is 0 Å². The summed E-state index contributed by atoms with van der Waals surface area (Å²) in [6, 6.07) is -0.540. The van der Waals surface area contributed by atoms with E-state index >= 15 is 0 Å². The van der Waals surface area contributed by atoms with Gasteiger partial charge in [0.25, 0.3) is 0 Å². The topological polar surface area (TPSA) is 95.9 Å². The van der Waals surface area contributed by atoms with Crippen molar-refractivity contribution < 1.29 is 24.5 Å². The SMILES string of the molecule is CCCCC/C=C\C/C=C\CCCCCCCCCCCC(=O)OCCCCCCCCCCC/C=C\C/C=C\CCCCCCCCCCCCCCCCCCCC(=O)NC(CO)C(O)CCCCCCCCCCCCCCCC. The first-order valence-corrected chi connectivity index (χ1v) is 37.4. The van der Waals surface area contributed by atoms with E-state index in [0.29, 0.717) is 25.9 Å². The van der Waals surface area contributed by atoms with Crippen LogP contribution in [0.4, 0.5) is 0 Å². The molecule has 488 valence electrons. The summed E-state index contributed by atoms with van der Waals surface area (Å²) in [6.45, 7) is 4.95. The van der Waals surface area contributed by atoms with E-state index < -0.39 is 12.1 Å². The minimum Gasteiger partial charge on any atom is -0.466 e. The molecule has 0 radical (unpaired) electrons. The predicted molar refractivity (Wildman–Crippen MR) is 366 cm³/mol. The molecule has 6 heteroatoms. The third-order valence-corrected chi connectivity index (χ3v) is 17.4. The number of amides is 1. The number of carbonyl (C=O) groups is 2. The van der Waals surface area contributed by atoms with Gasteiger partial charge in [0.2, 0.25) is 5.91 Å². The molecule has 3 N–H and O–H groups in total. The van der Waals surface area contributed by atoms with E-state index in [9.17, 15) is 19.8 Å². The Morgan fingerprint density at radius 2 is 0.602 bits per heavy atom. The highest BCUT2D eigenvalue weighted by Gasteiger charge is 2.20. The fraction of sp³-hybridized carbons (Fsp3) is 0.870. The zero-order chi connectivity index (χ0) is 59.9. The third-order valence-electron chi connectivity index (χ3n) is 17.4. The van der Waals surface area contributed by atoms with Crippen LogP contribution in [-0.2, 0) is 14.3 Å². The second kappa shape index (κ2) is 72.3. The summed E-state index contributed by atoms with van der Waals surface area (Å²) in [5.41, 5.74) is 0. The fourth-order valence-corrected chi connectivity index (χ4v) is 11.6. The standard InChI is InChI=1S/C77H145NO5/c1-3-5-7-9-11-13-15-17-19-20-36-40-43-47-51-55-59-63-67-71-77(82)83-72-68-64-60-56-52-48-44-41-38-35-33-31-29-27-25-23-21-22-24-26-28-30-32-34-37-39-42-46-50-54-58-62-66-70-76(81)78-74(73-79)75(80)69-65-61-57-53-49-45-18-16-14-12-10-8-6-4-2/h11,13,17,19,25,27,31,33,74-75,79-80H,3-10,12,14-16,18,20-24,26,28-30,32,34-73H2,1-2H3,(H,78,81)/b13-11-,19-17-,27-25-,33-31-. The van der Waals surface area contributed by atoms with E-state index in [0.717, 1.165) is 57.8 Å². The lowest BCUT2D eigenvalue weighted by atomic mass is 10.0. The van der Waals surface area contributed by atoms with Gasteiger partial charge in [0.15, 0.2) is 0 Å². The van der Waals surface area contributed by atoms with Gasteiger partial charge in [0.05, 0.1) is 25.4 Å². The van der Waals surface area contributed by atoms with Crippen molar-refractivity contribution in [1.82, 2.24) is 5.32 Å². The molecule has 0 aromatic carbocycles. The Balaban J connectivity index is 3.37. The van der Waals surface area contributed by atoms with Gasteiger partial charge < -0.3 is 20.3 Å². The Labute approximate surface area is 518 Å². The molecule has 0 rings (SSSR count). The van der Waals surface area contributed by atoms with Crippen LogP contribution in [0.5, 0.6) is 0 Å². The molecule has 0 bridgehead atoms. The summed E-state index contributed by atoms with van der Waals surface area (Å²) < 4.78 is 5.51. The average molecular weight is 1170 g/mol. The molecule has 0 aliphatic rings. The van der Waals surface area contributed by atoms with Gasteiger partial charge in [-0.3, -0.25) is 9.59 Å². The zero-order valence-corrected chi connectivity index (χ0v) is 55.9. The number of hydrogen-bond acceptors (Lipinski definition) is 5. The molecule has 1 amide bonds. The van der Waals surface area contributed by atoms with Crippen LogP contribution in [0.2, 0.25) is 0 Å². The maximum absolute atomic E-state index is 12.5. The average Bonchev–Trinajstić information content (AvgIpc) is 3.49. The zero-order valence-electron chi connectivity index (χ0n) is 55.9. The van der Waals surface area contributed by atoms with Crippen molar-refractivity contribution in [2.75, 3.05) is 13.2 Å². The molecule has 2 unspecified atom stereocenters. The predicted octanol–water partition coefficient (Wildman–Crippen LogP) is 24.4. The summed E-state index contributed by atoms with van der Waals surface area (Å²) in [6.07, 6.45) is 94.7. The number of aliphatic hydroxyl groups is 2. The smallest absolute Gasteiger partial charge is 0.305 e. The molecular weight excluding hydrogens is 1020 g/mol. The highest BCUT2D eigenvalue weighted by Crippen LogP contribution is 2.19. The van der Waals surface area contributed by atoms with Crippen molar-refractivity contribution in [3.63, 3.8) is 0 Å². The highest BCUT2D eigenvalue weighted by molar-refractivity contribution is 5.76. The number of aliphatic hydroxyl groups excluding tert-OH is 2. The van der Waals surface area contributed by atoms with Crippen LogP contribution in [0.15, 0.2) is 48.6 Å². The number of allylic oxidation sites excluding steroid dienone is 8. The second-order valence-corrected chi connectivity index (χ2v) is 25.6. The van der Waals surface area contributed by atoms with Gasteiger partial charge in [0, 0.05) is 12.8 Å². The number of carbonyl (C=O) groups excluding carboxylic acids is 2. The van der Waals surface area contributed by atoms with E-state index in [1.54, 1.807) is 0 Å². The van der Waals surface area contributed by atoms with Crippen LogP contribution >= 0.6 is 0 Å². The molecule has 0 spiro atoms. The van der Waals surface area contributed by atoms with E-state index in [4.69, 9.17) is 4.74 Å². The first kappa shape index (κ1) is 80.8. The normalized spacial score (nSPS) is 12.8. The molecule has 0 saturated carbocycles. The number of nitrogens with one attached hydrogen (secondary N) is 1. The molecule has 0 aromatic heterocycles. The molecule has 0 aliphatic heterocycles. The molecule has 6 nitrogen and oxygen atoms in total. The molecule has 2 atom stereocenters. The Bertz CT molecular complexity index is 1390. The van der Waals surface area contributed by atoms with Crippen LogP contribution in [0.3, 0.4) is 0 Å². The van der Waals surface area contributed by atoms with Crippen molar-refractivity contribution in [2.45, 2.75) is 418 Å². The number of hydrogen-bond donors (Lipinski definition) is 3. The van der Waals surface area contributed by atoms with Crippen molar-refractivity contribution >= 4 is 11.9 Å². The summed E-state index contributed by atoms with van der Waals surface area (Å²) in [5, 5.41) is 23.3. The maximum Gasteiger partial charge on any atom is 0.305 e. The Kier molecular flexibility index (Phi) is 70.4. The Hall–Kier alpha value is -2.18. The molecule has 0 aromatic rings. The monoisotopic (exact) mass is 1160 g/mol. The maximum atomic E-state index is 12.5. The van der Waals surface area contributed by atoms with E-state index in [2.05, 4.69) is 67.8 Å². The van der Waals surface area contributed by atoms with Crippen LogP contribution in [0.25, 0.3) is 0 Å². The Morgan fingerprint density at radius 1 is 0.337 bits per heavy atom. The minimum absolute atomic E-state index is 0.0107. The first-order valence-electron chi connectivity index (χ1n) is 37.4. The molecule has 0 fully saturated rings. The minimum atomic E-state index is -0.663. The molecular formula is C77H145NO5. The number of rotatable bonds is 70. The highest BCUT2D eigenvalue weighted by atomic mass is 16.5. The van der Waals surface area contributed by atoms with Gasteiger partial charge in [-0.1, -0.05) is 351 Å². The fourth-order valence-electron chi connectivity index (χ4n) is 11.6. The lowest BCUT2D eigenvalue weighted by molar-refractivity contribution is -0.143.